The standard InChI is InChI=1S/C13H14F6N2O2/c1-2-23-10(22)21-11(12(14,15)16,13(17,18)19)20-8-9-6-4-3-5-7-9/h3-7,20H,2,8H2,1H3,(H,21,22)/p+1. The minimum Gasteiger partial charge on any atom is -0.450 e. The molecule has 1 aromatic carbocycles. The van der Waals surface area contributed by atoms with Crippen molar-refractivity contribution in [1.82, 2.24) is 5.32 Å². The third kappa shape index (κ3) is 4.50. The Hall–Kier alpha value is -1.97. The van der Waals surface area contributed by atoms with Gasteiger partial charge in [0.1, 0.15) is 6.54 Å². The van der Waals surface area contributed by atoms with E-state index in [0.717, 1.165) is 5.32 Å². The lowest BCUT2D eigenvalue weighted by Gasteiger charge is -2.34. The molecule has 1 rings (SSSR count). The molecule has 0 fully saturated rings. The van der Waals surface area contributed by atoms with Gasteiger partial charge >= 0.3 is 24.1 Å². The molecule has 3 N–H and O–H groups in total. The first kappa shape index (κ1) is 19.1. The van der Waals surface area contributed by atoms with Crippen LogP contribution in [0.2, 0.25) is 0 Å². The van der Waals surface area contributed by atoms with Gasteiger partial charge in [0, 0.05) is 5.56 Å². The minimum absolute atomic E-state index is 0.0146. The number of hydrogen-bond donors (Lipinski definition) is 2. The lowest BCUT2D eigenvalue weighted by atomic mass is 10.1. The van der Waals surface area contributed by atoms with Gasteiger partial charge in [0.15, 0.2) is 0 Å². The Morgan fingerprint density at radius 3 is 2.04 bits per heavy atom. The Kier molecular flexibility index (Phi) is 5.86. The maximum absolute atomic E-state index is 13.2. The number of amides is 1. The molecule has 0 unspecified atom stereocenters. The molecule has 0 spiro atoms. The molecule has 0 saturated carbocycles. The zero-order chi connectivity index (χ0) is 17.7. The SMILES string of the molecule is CCOC(=O)NC([NH2+]Cc1ccccc1)(C(F)(F)F)C(F)(F)F. The molecule has 1 aromatic rings. The Morgan fingerprint density at radius 2 is 1.61 bits per heavy atom. The van der Waals surface area contributed by atoms with Crippen molar-refractivity contribution >= 4 is 6.09 Å². The highest BCUT2D eigenvalue weighted by Crippen LogP contribution is 2.38. The van der Waals surface area contributed by atoms with Gasteiger partial charge in [0.05, 0.1) is 6.61 Å². The lowest BCUT2D eigenvalue weighted by molar-refractivity contribution is -0.796. The fraction of sp³-hybridized carbons (Fsp3) is 0.462. The van der Waals surface area contributed by atoms with E-state index in [-0.39, 0.29) is 17.5 Å². The van der Waals surface area contributed by atoms with Crippen molar-refractivity contribution in [2.24, 2.45) is 0 Å². The van der Waals surface area contributed by atoms with E-state index in [1.807, 2.05) is 0 Å². The predicted octanol–water partition coefficient (Wildman–Crippen LogP) is 2.32. The summed E-state index contributed by atoms with van der Waals surface area (Å²) in [4.78, 5) is 11.2. The van der Waals surface area contributed by atoms with Gasteiger partial charge in [0.25, 0.3) is 0 Å². The summed E-state index contributed by atoms with van der Waals surface area (Å²) in [5.74, 6) is 0. The molecule has 0 aliphatic heterocycles. The predicted molar refractivity (Wildman–Crippen MR) is 67.1 cm³/mol. The minimum atomic E-state index is -5.78. The highest BCUT2D eigenvalue weighted by atomic mass is 19.4. The first-order chi connectivity index (χ1) is 10.5. The molecule has 0 radical (unpaired) electrons. The van der Waals surface area contributed by atoms with Crippen LogP contribution in [0.3, 0.4) is 0 Å². The first-order valence-electron chi connectivity index (χ1n) is 6.50. The number of hydrogen-bond acceptors (Lipinski definition) is 2. The van der Waals surface area contributed by atoms with Crippen LogP contribution in [-0.2, 0) is 11.3 Å². The van der Waals surface area contributed by atoms with Crippen molar-refractivity contribution in [2.45, 2.75) is 31.5 Å². The van der Waals surface area contributed by atoms with E-state index in [1.165, 1.54) is 31.2 Å². The van der Waals surface area contributed by atoms with Crippen molar-refractivity contribution in [3.05, 3.63) is 35.9 Å². The maximum Gasteiger partial charge on any atom is 0.476 e. The molecular formula is C13H15F6N2O2+. The van der Waals surface area contributed by atoms with Gasteiger partial charge in [-0.2, -0.15) is 26.3 Å². The Labute approximate surface area is 127 Å². The second-order valence-electron chi connectivity index (χ2n) is 4.54. The summed E-state index contributed by atoms with van der Waals surface area (Å²) in [7, 11) is 0. The normalized spacial score (nSPS) is 12.8. The number of carbonyl (C=O) groups excluding carboxylic acids is 1. The van der Waals surface area contributed by atoms with Crippen LogP contribution in [0.4, 0.5) is 31.1 Å². The number of alkyl halides is 6. The third-order valence-corrected chi connectivity index (χ3v) is 2.96. The number of ether oxygens (including phenoxy) is 1. The van der Waals surface area contributed by atoms with Gasteiger partial charge in [-0.25, -0.2) is 4.79 Å². The summed E-state index contributed by atoms with van der Waals surface area (Å²) in [5.41, 5.74) is -4.27. The van der Waals surface area contributed by atoms with E-state index in [1.54, 1.807) is 6.07 Å². The van der Waals surface area contributed by atoms with Crippen LogP contribution in [0.5, 0.6) is 0 Å². The molecule has 1 amide bonds. The summed E-state index contributed by atoms with van der Waals surface area (Å²) < 4.78 is 83.1. The molecule has 10 heteroatoms. The molecule has 0 saturated heterocycles. The van der Waals surface area contributed by atoms with Crippen LogP contribution < -0.4 is 10.6 Å². The largest absolute Gasteiger partial charge is 0.476 e. The molecule has 0 atom stereocenters. The van der Waals surface area contributed by atoms with Crippen LogP contribution in [0.15, 0.2) is 30.3 Å². The van der Waals surface area contributed by atoms with Gasteiger partial charge in [-0.1, -0.05) is 30.3 Å². The van der Waals surface area contributed by atoms with Crippen molar-refractivity contribution < 1.29 is 41.2 Å². The zero-order valence-electron chi connectivity index (χ0n) is 12.0. The Balaban J connectivity index is 3.14. The average Bonchev–Trinajstić information content (AvgIpc) is 2.42. The summed E-state index contributed by atoms with van der Waals surface area (Å²) >= 11 is 0. The molecule has 4 nitrogen and oxygen atoms in total. The van der Waals surface area contributed by atoms with E-state index in [0.29, 0.717) is 0 Å². The highest BCUT2D eigenvalue weighted by Gasteiger charge is 2.76. The van der Waals surface area contributed by atoms with Crippen LogP contribution >= 0.6 is 0 Å². The van der Waals surface area contributed by atoms with Crippen molar-refractivity contribution in [3.8, 4) is 0 Å². The molecule has 0 aromatic heterocycles. The zero-order valence-corrected chi connectivity index (χ0v) is 12.0. The van der Waals surface area contributed by atoms with Gasteiger partial charge < -0.3 is 10.1 Å². The fourth-order valence-corrected chi connectivity index (χ4v) is 1.80. The number of halogens is 6. The van der Waals surface area contributed by atoms with Crippen LogP contribution in [0, 0.1) is 0 Å². The number of nitrogens with two attached hydrogens (primary N) is 1. The second kappa shape index (κ2) is 7.07. The van der Waals surface area contributed by atoms with Crippen LogP contribution in [0.25, 0.3) is 0 Å². The summed E-state index contributed by atoms with van der Waals surface area (Å²) in [6.45, 7) is 0.249. The van der Waals surface area contributed by atoms with Crippen molar-refractivity contribution in [2.75, 3.05) is 6.61 Å². The molecule has 0 heterocycles. The van der Waals surface area contributed by atoms with Gasteiger partial charge in [0.2, 0.25) is 0 Å². The topological polar surface area (TPSA) is 54.9 Å². The number of rotatable bonds is 5. The van der Waals surface area contributed by atoms with E-state index >= 15 is 0 Å². The first-order valence-corrected chi connectivity index (χ1v) is 6.50. The highest BCUT2D eigenvalue weighted by molar-refractivity contribution is 5.68. The molecular weight excluding hydrogens is 330 g/mol. The maximum atomic E-state index is 13.2. The Morgan fingerprint density at radius 1 is 1.09 bits per heavy atom. The van der Waals surface area contributed by atoms with E-state index in [4.69, 9.17) is 0 Å². The van der Waals surface area contributed by atoms with E-state index in [2.05, 4.69) is 4.74 Å². The van der Waals surface area contributed by atoms with Crippen molar-refractivity contribution in [1.29, 1.82) is 0 Å². The lowest BCUT2D eigenvalue weighted by Crippen LogP contribution is -3.07. The summed E-state index contributed by atoms with van der Waals surface area (Å²) in [6.07, 6.45) is -13.4. The molecule has 0 aliphatic carbocycles. The smallest absolute Gasteiger partial charge is 0.450 e. The second-order valence-corrected chi connectivity index (χ2v) is 4.54. The van der Waals surface area contributed by atoms with Crippen LogP contribution in [-0.4, -0.2) is 30.7 Å². The summed E-state index contributed by atoms with van der Waals surface area (Å²) in [5, 5.41) is 0.900. The molecule has 23 heavy (non-hydrogen) atoms. The number of carbonyl (C=O) groups is 1. The monoisotopic (exact) mass is 345 g/mol. The quantitative estimate of drug-likeness (QED) is 0.636. The number of alkyl carbamates (subject to hydrolysis) is 1. The number of benzene rings is 1. The van der Waals surface area contributed by atoms with Crippen molar-refractivity contribution in [3.63, 3.8) is 0 Å². The Bertz CT molecular complexity index is 501. The fourth-order valence-electron chi connectivity index (χ4n) is 1.80. The average molecular weight is 345 g/mol. The van der Waals surface area contributed by atoms with Gasteiger partial charge in [-0.15, -0.1) is 0 Å². The molecule has 130 valence electrons. The van der Waals surface area contributed by atoms with E-state index < -0.39 is 30.7 Å². The number of quaternary nitrogens is 1. The van der Waals surface area contributed by atoms with Gasteiger partial charge in [-0.05, 0) is 6.92 Å². The van der Waals surface area contributed by atoms with E-state index in [9.17, 15) is 31.1 Å². The third-order valence-electron chi connectivity index (χ3n) is 2.96. The molecule has 0 aliphatic rings. The molecule has 0 bridgehead atoms. The number of nitrogens with one attached hydrogen (secondary N) is 1. The van der Waals surface area contributed by atoms with Gasteiger partial charge in [-0.3, -0.25) is 5.32 Å². The summed E-state index contributed by atoms with van der Waals surface area (Å²) in [6, 6.07) is 7.27. The van der Waals surface area contributed by atoms with Crippen LogP contribution in [0.1, 0.15) is 12.5 Å².